The Kier molecular flexibility index (Phi) is 3.49. The molecule has 0 atom stereocenters. The molecule has 0 spiro atoms. The zero-order valence-electron chi connectivity index (χ0n) is 9.36. The Morgan fingerprint density at radius 2 is 2.25 bits per heavy atom. The van der Waals surface area contributed by atoms with Crippen LogP contribution in [0.1, 0.15) is 12.8 Å². The lowest BCUT2D eigenvalue weighted by Gasteiger charge is -2.35. The standard InChI is InChI=1S/C10H16BrN3O2/c1-13-8-12-14(9(13)15)7-10(6-11)2-4-16-5-3-10/h8H,2-7H2,1H3. The maximum Gasteiger partial charge on any atom is 0.345 e. The molecular weight excluding hydrogens is 274 g/mol. The third-order valence-electron chi connectivity index (χ3n) is 3.21. The third kappa shape index (κ3) is 2.22. The predicted molar refractivity (Wildman–Crippen MR) is 63.7 cm³/mol. The quantitative estimate of drug-likeness (QED) is 0.773. The zero-order chi connectivity index (χ0) is 11.6. The summed E-state index contributed by atoms with van der Waals surface area (Å²) in [4.78, 5) is 11.7. The van der Waals surface area contributed by atoms with Gasteiger partial charge in [-0.1, -0.05) is 15.9 Å². The van der Waals surface area contributed by atoms with Crippen LogP contribution in [0.15, 0.2) is 11.1 Å². The van der Waals surface area contributed by atoms with Gasteiger partial charge in [-0.15, -0.1) is 0 Å². The van der Waals surface area contributed by atoms with Crippen LogP contribution in [-0.2, 0) is 18.3 Å². The highest BCUT2D eigenvalue weighted by molar-refractivity contribution is 9.09. The van der Waals surface area contributed by atoms with Gasteiger partial charge < -0.3 is 4.74 Å². The van der Waals surface area contributed by atoms with Crippen LogP contribution >= 0.6 is 15.9 Å². The number of hydrogen-bond donors (Lipinski definition) is 0. The summed E-state index contributed by atoms with van der Waals surface area (Å²) >= 11 is 3.55. The number of aryl methyl sites for hydroxylation is 1. The van der Waals surface area contributed by atoms with E-state index in [2.05, 4.69) is 21.0 Å². The number of alkyl halides is 1. The van der Waals surface area contributed by atoms with E-state index in [1.807, 2.05) is 0 Å². The molecule has 1 aromatic heterocycles. The molecule has 0 amide bonds. The normalized spacial score (nSPS) is 19.9. The highest BCUT2D eigenvalue weighted by Gasteiger charge is 2.33. The van der Waals surface area contributed by atoms with Crippen LogP contribution in [0.2, 0.25) is 0 Å². The van der Waals surface area contributed by atoms with Crippen LogP contribution in [0.4, 0.5) is 0 Å². The van der Waals surface area contributed by atoms with Crippen LogP contribution in [0.5, 0.6) is 0 Å². The second-order valence-corrected chi connectivity index (χ2v) is 4.99. The van der Waals surface area contributed by atoms with Gasteiger partial charge in [0, 0.05) is 31.0 Å². The molecule has 16 heavy (non-hydrogen) atoms. The molecule has 0 saturated carbocycles. The van der Waals surface area contributed by atoms with Crippen molar-refractivity contribution in [3.8, 4) is 0 Å². The predicted octanol–water partition coefficient (Wildman–Crippen LogP) is 0.773. The first-order valence-corrected chi connectivity index (χ1v) is 6.51. The Labute approximate surface area is 103 Å². The minimum absolute atomic E-state index is 0.0492. The second kappa shape index (κ2) is 4.71. The maximum absolute atomic E-state index is 11.7. The Balaban J connectivity index is 2.18. The van der Waals surface area contributed by atoms with E-state index >= 15 is 0 Å². The Morgan fingerprint density at radius 3 is 2.75 bits per heavy atom. The zero-order valence-corrected chi connectivity index (χ0v) is 10.9. The average Bonchev–Trinajstić information content (AvgIpc) is 2.62. The average molecular weight is 290 g/mol. The molecule has 6 heteroatoms. The smallest absolute Gasteiger partial charge is 0.345 e. The van der Waals surface area contributed by atoms with Crippen LogP contribution in [0, 0.1) is 5.41 Å². The molecule has 0 bridgehead atoms. The van der Waals surface area contributed by atoms with Crippen molar-refractivity contribution < 1.29 is 4.74 Å². The molecule has 5 nitrogen and oxygen atoms in total. The van der Waals surface area contributed by atoms with Gasteiger partial charge in [-0.25, -0.2) is 9.48 Å². The largest absolute Gasteiger partial charge is 0.381 e. The van der Waals surface area contributed by atoms with Crippen molar-refractivity contribution in [2.24, 2.45) is 12.5 Å². The number of aromatic nitrogens is 3. The molecule has 2 rings (SSSR count). The van der Waals surface area contributed by atoms with Crippen molar-refractivity contribution >= 4 is 15.9 Å². The minimum Gasteiger partial charge on any atom is -0.381 e. The fourth-order valence-corrected chi connectivity index (χ4v) is 2.72. The fourth-order valence-electron chi connectivity index (χ4n) is 1.99. The number of nitrogens with zero attached hydrogens (tertiary/aromatic N) is 3. The summed E-state index contributed by atoms with van der Waals surface area (Å²) in [6, 6.07) is 0. The molecule has 1 aliphatic rings. The van der Waals surface area contributed by atoms with E-state index in [4.69, 9.17) is 4.74 Å². The Hall–Kier alpha value is -0.620. The lowest BCUT2D eigenvalue weighted by molar-refractivity contribution is 0.0164. The lowest BCUT2D eigenvalue weighted by Crippen LogP contribution is -2.39. The Morgan fingerprint density at radius 1 is 1.56 bits per heavy atom. The topological polar surface area (TPSA) is 49.0 Å². The number of hydrogen-bond acceptors (Lipinski definition) is 3. The number of halogens is 1. The Bertz CT molecular complexity index is 406. The summed E-state index contributed by atoms with van der Waals surface area (Å²) in [6.07, 6.45) is 3.51. The van der Waals surface area contributed by atoms with Crippen molar-refractivity contribution in [3.63, 3.8) is 0 Å². The fraction of sp³-hybridized carbons (Fsp3) is 0.800. The van der Waals surface area contributed by atoms with Gasteiger partial charge in [-0.3, -0.25) is 4.57 Å². The molecule has 1 aliphatic heterocycles. The van der Waals surface area contributed by atoms with Gasteiger partial charge in [0.2, 0.25) is 0 Å². The van der Waals surface area contributed by atoms with Crippen LogP contribution < -0.4 is 5.69 Å². The molecule has 0 aromatic carbocycles. The van der Waals surface area contributed by atoms with Gasteiger partial charge in [-0.2, -0.15) is 5.10 Å². The molecule has 90 valence electrons. The summed E-state index contributed by atoms with van der Waals surface area (Å²) in [5.41, 5.74) is 0.0583. The van der Waals surface area contributed by atoms with E-state index in [0.717, 1.165) is 31.4 Å². The van der Waals surface area contributed by atoms with Gasteiger partial charge in [0.05, 0.1) is 6.54 Å². The van der Waals surface area contributed by atoms with Crippen LogP contribution in [0.3, 0.4) is 0 Å². The maximum atomic E-state index is 11.7. The van der Waals surface area contributed by atoms with Gasteiger partial charge in [0.15, 0.2) is 0 Å². The lowest BCUT2D eigenvalue weighted by atomic mass is 9.82. The monoisotopic (exact) mass is 289 g/mol. The summed E-state index contributed by atoms with van der Waals surface area (Å²) in [5, 5.41) is 4.99. The summed E-state index contributed by atoms with van der Waals surface area (Å²) in [5.74, 6) is 0. The van der Waals surface area contributed by atoms with E-state index in [9.17, 15) is 4.79 Å². The van der Waals surface area contributed by atoms with E-state index < -0.39 is 0 Å². The molecule has 2 heterocycles. The number of ether oxygens (including phenoxy) is 1. The van der Waals surface area contributed by atoms with E-state index in [-0.39, 0.29) is 11.1 Å². The van der Waals surface area contributed by atoms with Gasteiger partial charge in [-0.05, 0) is 12.8 Å². The molecule has 1 fully saturated rings. The molecule has 0 unspecified atom stereocenters. The highest BCUT2D eigenvalue weighted by Crippen LogP contribution is 2.33. The van der Waals surface area contributed by atoms with Crippen molar-refractivity contribution in [1.29, 1.82) is 0 Å². The summed E-state index contributed by atoms with van der Waals surface area (Å²) in [6.45, 7) is 2.21. The first-order chi connectivity index (χ1) is 7.67. The summed E-state index contributed by atoms with van der Waals surface area (Å²) < 4.78 is 8.42. The van der Waals surface area contributed by atoms with Crippen molar-refractivity contribution in [2.45, 2.75) is 19.4 Å². The SMILES string of the molecule is Cn1cnn(CC2(CBr)CCOCC2)c1=O. The van der Waals surface area contributed by atoms with Crippen molar-refractivity contribution in [1.82, 2.24) is 14.3 Å². The van der Waals surface area contributed by atoms with E-state index in [1.165, 1.54) is 4.57 Å². The summed E-state index contributed by atoms with van der Waals surface area (Å²) in [7, 11) is 1.72. The van der Waals surface area contributed by atoms with Crippen LogP contribution in [-0.4, -0.2) is 32.9 Å². The number of rotatable bonds is 3. The molecule has 0 aliphatic carbocycles. The molecule has 0 N–H and O–H groups in total. The molecule has 1 aromatic rings. The van der Waals surface area contributed by atoms with Gasteiger partial charge in [0.1, 0.15) is 6.33 Å². The van der Waals surface area contributed by atoms with Gasteiger partial charge in [0.25, 0.3) is 0 Å². The second-order valence-electron chi connectivity index (χ2n) is 4.43. The minimum atomic E-state index is -0.0492. The van der Waals surface area contributed by atoms with E-state index in [0.29, 0.717) is 6.54 Å². The highest BCUT2D eigenvalue weighted by atomic mass is 79.9. The molecule has 0 radical (unpaired) electrons. The molecular formula is C10H16BrN3O2. The van der Waals surface area contributed by atoms with E-state index in [1.54, 1.807) is 18.1 Å². The first-order valence-electron chi connectivity index (χ1n) is 5.39. The molecule has 1 saturated heterocycles. The third-order valence-corrected chi connectivity index (χ3v) is 4.40. The van der Waals surface area contributed by atoms with Crippen molar-refractivity contribution in [2.75, 3.05) is 18.5 Å². The van der Waals surface area contributed by atoms with Crippen molar-refractivity contribution in [3.05, 3.63) is 16.8 Å². The van der Waals surface area contributed by atoms with Crippen LogP contribution in [0.25, 0.3) is 0 Å². The first kappa shape index (κ1) is 11.9. The van der Waals surface area contributed by atoms with Gasteiger partial charge >= 0.3 is 5.69 Å².